The molecule has 1 heterocycles. The minimum Gasteiger partial charge on any atom is -0.478 e. The van der Waals surface area contributed by atoms with Crippen LogP contribution in [0.15, 0.2) is 30.5 Å². The predicted octanol–water partition coefficient (Wildman–Crippen LogP) is 3.48. The Hall–Kier alpha value is -1.84. The number of rotatable bonds is 6. The standard InChI is InChI=1S/C14H16FNO2/c15-8-2-1-3-9-16-10-7-11-12(14(17)18)5-4-6-13(11)16/h4-7,10H,1-3,8-9H2,(H,17,18). The van der Waals surface area contributed by atoms with Crippen molar-refractivity contribution in [3.05, 3.63) is 36.0 Å². The third-order valence-corrected chi connectivity index (χ3v) is 3.08. The largest absolute Gasteiger partial charge is 0.478 e. The number of benzene rings is 1. The first-order valence-electron chi connectivity index (χ1n) is 6.11. The van der Waals surface area contributed by atoms with Crippen LogP contribution < -0.4 is 0 Å². The first-order valence-corrected chi connectivity index (χ1v) is 6.11. The Labute approximate surface area is 105 Å². The van der Waals surface area contributed by atoms with Gasteiger partial charge in [-0.1, -0.05) is 6.07 Å². The molecule has 0 radical (unpaired) electrons. The number of aromatic nitrogens is 1. The molecule has 1 aromatic carbocycles. The maximum absolute atomic E-state index is 12.0. The Morgan fingerprint density at radius 3 is 2.78 bits per heavy atom. The Bertz CT molecular complexity index is 548. The van der Waals surface area contributed by atoms with E-state index in [1.807, 2.05) is 22.9 Å². The van der Waals surface area contributed by atoms with Crippen LogP contribution in [0.1, 0.15) is 29.6 Å². The van der Waals surface area contributed by atoms with Crippen LogP contribution in [0, 0.1) is 0 Å². The van der Waals surface area contributed by atoms with Crippen LogP contribution in [0.4, 0.5) is 4.39 Å². The van der Waals surface area contributed by atoms with Crippen molar-refractivity contribution in [3.63, 3.8) is 0 Å². The predicted molar refractivity (Wildman–Crippen MR) is 68.7 cm³/mol. The number of unbranched alkanes of at least 4 members (excludes halogenated alkanes) is 2. The number of fused-ring (bicyclic) bond motifs is 1. The lowest BCUT2D eigenvalue weighted by atomic mass is 10.1. The van der Waals surface area contributed by atoms with E-state index in [-0.39, 0.29) is 6.67 Å². The number of nitrogens with zero attached hydrogens (tertiary/aromatic N) is 1. The van der Waals surface area contributed by atoms with Gasteiger partial charge in [0.15, 0.2) is 0 Å². The highest BCUT2D eigenvalue weighted by Gasteiger charge is 2.10. The van der Waals surface area contributed by atoms with E-state index in [0.717, 1.165) is 30.3 Å². The maximum atomic E-state index is 12.0. The molecule has 0 aliphatic heterocycles. The molecular weight excluding hydrogens is 233 g/mol. The van der Waals surface area contributed by atoms with Gasteiger partial charge in [0.05, 0.1) is 12.2 Å². The first kappa shape index (κ1) is 12.6. The molecule has 0 aliphatic carbocycles. The Balaban J connectivity index is 2.20. The van der Waals surface area contributed by atoms with Gasteiger partial charge in [0.2, 0.25) is 0 Å². The highest BCUT2D eigenvalue weighted by atomic mass is 19.1. The summed E-state index contributed by atoms with van der Waals surface area (Å²) in [6, 6.07) is 7.10. The van der Waals surface area contributed by atoms with Gasteiger partial charge in [-0.25, -0.2) is 4.79 Å². The molecule has 1 N–H and O–H groups in total. The summed E-state index contributed by atoms with van der Waals surface area (Å²) in [6.07, 6.45) is 4.26. The lowest BCUT2D eigenvalue weighted by Gasteiger charge is -2.05. The van der Waals surface area contributed by atoms with Gasteiger partial charge in [-0.3, -0.25) is 4.39 Å². The second kappa shape index (κ2) is 5.67. The summed E-state index contributed by atoms with van der Waals surface area (Å²) in [4.78, 5) is 11.1. The van der Waals surface area contributed by atoms with E-state index in [9.17, 15) is 9.18 Å². The van der Waals surface area contributed by atoms with E-state index < -0.39 is 5.97 Å². The van der Waals surface area contributed by atoms with Gasteiger partial charge in [0.25, 0.3) is 0 Å². The zero-order valence-electron chi connectivity index (χ0n) is 10.1. The zero-order chi connectivity index (χ0) is 13.0. The zero-order valence-corrected chi connectivity index (χ0v) is 10.1. The fraction of sp³-hybridized carbons (Fsp3) is 0.357. The molecule has 0 spiro atoms. The lowest BCUT2D eigenvalue weighted by molar-refractivity contribution is 0.0699. The molecule has 4 heteroatoms. The van der Waals surface area contributed by atoms with E-state index in [1.165, 1.54) is 0 Å². The molecule has 96 valence electrons. The van der Waals surface area contributed by atoms with Crippen molar-refractivity contribution in [2.24, 2.45) is 0 Å². The second-order valence-corrected chi connectivity index (χ2v) is 4.30. The molecule has 1 aromatic heterocycles. The summed E-state index contributed by atoms with van der Waals surface area (Å²) in [7, 11) is 0. The normalized spacial score (nSPS) is 10.9. The Morgan fingerprint density at radius 2 is 2.06 bits per heavy atom. The van der Waals surface area contributed by atoms with Crippen molar-refractivity contribution >= 4 is 16.9 Å². The molecule has 2 aromatic rings. The number of carbonyl (C=O) groups is 1. The third kappa shape index (κ3) is 2.53. The van der Waals surface area contributed by atoms with Crippen LogP contribution in [0.2, 0.25) is 0 Å². The summed E-state index contributed by atoms with van der Waals surface area (Å²) in [6.45, 7) is 0.530. The van der Waals surface area contributed by atoms with E-state index in [4.69, 9.17) is 5.11 Å². The fourth-order valence-corrected chi connectivity index (χ4v) is 2.16. The highest BCUT2D eigenvalue weighted by Crippen LogP contribution is 2.21. The summed E-state index contributed by atoms with van der Waals surface area (Å²) >= 11 is 0. The molecule has 0 saturated heterocycles. The van der Waals surface area contributed by atoms with Gasteiger partial charge >= 0.3 is 5.97 Å². The van der Waals surface area contributed by atoms with Crippen LogP contribution in [0.25, 0.3) is 10.9 Å². The number of carboxylic acid groups (broad SMARTS) is 1. The highest BCUT2D eigenvalue weighted by molar-refractivity contribution is 6.02. The van der Waals surface area contributed by atoms with Gasteiger partial charge in [0, 0.05) is 23.6 Å². The van der Waals surface area contributed by atoms with Crippen LogP contribution in [-0.2, 0) is 6.54 Å². The molecule has 0 aliphatic rings. The molecule has 0 fully saturated rings. The smallest absolute Gasteiger partial charge is 0.336 e. The number of hydrogen-bond acceptors (Lipinski definition) is 1. The van der Waals surface area contributed by atoms with Crippen molar-refractivity contribution in [1.29, 1.82) is 0 Å². The van der Waals surface area contributed by atoms with E-state index in [2.05, 4.69) is 0 Å². The summed E-state index contributed by atoms with van der Waals surface area (Å²) < 4.78 is 14.0. The topological polar surface area (TPSA) is 42.2 Å². The van der Waals surface area contributed by atoms with Crippen molar-refractivity contribution in [1.82, 2.24) is 4.57 Å². The summed E-state index contributed by atoms with van der Waals surface area (Å²) in [5.74, 6) is -0.907. The SMILES string of the molecule is O=C(O)c1cccc2c1ccn2CCCCCF. The first-order chi connectivity index (χ1) is 8.74. The van der Waals surface area contributed by atoms with Crippen LogP contribution in [0.5, 0.6) is 0 Å². The monoisotopic (exact) mass is 249 g/mol. The molecule has 18 heavy (non-hydrogen) atoms. The number of aryl methyl sites for hydroxylation is 1. The van der Waals surface area contributed by atoms with Crippen molar-refractivity contribution < 1.29 is 14.3 Å². The average molecular weight is 249 g/mol. The molecule has 0 amide bonds. The minimum absolute atomic E-state index is 0.268. The van der Waals surface area contributed by atoms with E-state index in [0.29, 0.717) is 12.0 Å². The lowest BCUT2D eigenvalue weighted by Crippen LogP contribution is -1.99. The van der Waals surface area contributed by atoms with E-state index >= 15 is 0 Å². The third-order valence-electron chi connectivity index (χ3n) is 3.08. The van der Waals surface area contributed by atoms with E-state index in [1.54, 1.807) is 12.1 Å². The van der Waals surface area contributed by atoms with Crippen LogP contribution in [0.3, 0.4) is 0 Å². The van der Waals surface area contributed by atoms with Crippen molar-refractivity contribution in [3.8, 4) is 0 Å². The van der Waals surface area contributed by atoms with Crippen molar-refractivity contribution in [2.45, 2.75) is 25.8 Å². The summed E-state index contributed by atoms with van der Waals surface area (Å²) in [5, 5.41) is 9.85. The van der Waals surface area contributed by atoms with Gasteiger partial charge in [-0.05, 0) is 37.5 Å². The van der Waals surface area contributed by atoms with Gasteiger partial charge in [0.1, 0.15) is 0 Å². The maximum Gasteiger partial charge on any atom is 0.336 e. The quantitative estimate of drug-likeness (QED) is 0.796. The molecule has 2 rings (SSSR count). The molecule has 0 saturated carbocycles. The van der Waals surface area contributed by atoms with Crippen LogP contribution >= 0.6 is 0 Å². The molecule has 0 atom stereocenters. The van der Waals surface area contributed by atoms with Gasteiger partial charge < -0.3 is 9.67 Å². The molecular formula is C14H16FNO2. The molecule has 0 bridgehead atoms. The number of aromatic carboxylic acids is 1. The minimum atomic E-state index is -0.907. The number of halogens is 1. The number of alkyl halides is 1. The second-order valence-electron chi connectivity index (χ2n) is 4.30. The Morgan fingerprint density at radius 1 is 1.22 bits per heavy atom. The van der Waals surface area contributed by atoms with Gasteiger partial charge in [-0.15, -0.1) is 0 Å². The summed E-state index contributed by atoms with van der Waals surface area (Å²) in [5.41, 5.74) is 1.25. The van der Waals surface area contributed by atoms with Crippen molar-refractivity contribution in [2.75, 3.05) is 6.67 Å². The average Bonchev–Trinajstić information content (AvgIpc) is 2.77. The number of hydrogen-bond donors (Lipinski definition) is 1. The van der Waals surface area contributed by atoms with Crippen LogP contribution in [-0.4, -0.2) is 22.3 Å². The van der Waals surface area contributed by atoms with Gasteiger partial charge in [-0.2, -0.15) is 0 Å². The molecule has 3 nitrogen and oxygen atoms in total. The molecule has 0 unspecified atom stereocenters. The fourth-order valence-electron chi connectivity index (χ4n) is 2.16. The number of carboxylic acids is 1. The Kier molecular flexibility index (Phi) is 3.97.